The molecule has 1 unspecified atom stereocenters. The number of nitrogens with zero attached hydrogens (tertiary/aromatic N) is 1. The van der Waals surface area contributed by atoms with Crippen LogP contribution in [0.2, 0.25) is 6.32 Å². The highest BCUT2D eigenvalue weighted by Crippen LogP contribution is 2.31. The van der Waals surface area contributed by atoms with Crippen molar-refractivity contribution in [1.82, 2.24) is 4.98 Å². The molecular weight excluding hydrogens is 353 g/mol. The summed E-state index contributed by atoms with van der Waals surface area (Å²) in [5, 5.41) is 19.2. The maximum Gasteiger partial charge on any atom is 0.458 e. The predicted octanol–water partition coefficient (Wildman–Crippen LogP) is 4.26. The molecule has 1 atom stereocenters. The van der Waals surface area contributed by atoms with Crippen LogP contribution in [0.15, 0.2) is 64.7 Å². The Balaban J connectivity index is 1.82. The number of aromatic nitrogens is 1. The van der Waals surface area contributed by atoms with Crippen molar-refractivity contribution in [2.24, 2.45) is 0 Å². The molecule has 0 aliphatic carbocycles. The lowest BCUT2D eigenvalue weighted by Crippen LogP contribution is -2.31. The van der Waals surface area contributed by atoms with Gasteiger partial charge in [0.25, 0.3) is 0 Å². The van der Waals surface area contributed by atoms with E-state index in [1.165, 1.54) is 0 Å². The van der Waals surface area contributed by atoms with Gasteiger partial charge in [0.2, 0.25) is 0 Å². The van der Waals surface area contributed by atoms with Gasteiger partial charge in [-0.2, -0.15) is 0 Å². The summed E-state index contributed by atoms with van der Waals surface area (Å²) >= 11 is 0. The van der Waals surface area contributed by atoms with Gasteiger partial charge in [0.05, 0.1) is 11.8 Å². The third kappa shape index (κ3) is 5.10. The molecule has 1 aliphatic rings. The fraction of sp³-hybridized carbons (Fsp3) is 0.318. The summed E-state index contributed by atoms with van der Waals surface area (Å²) in [6, 6.07) is 9.38. The maximum atomic E-state index is 9.94. The Hall–Kier alpha value is -2.41. The zero-order valence-corrected chi connectivity index (χ0v) is 16.2. The molecule has 0 saturated carbocycles. The largest absolute Gasteiger partial charge is 0.459 e. The Morgan fingerprint density at radius 3 is 2.89 bits per heavy atom. The number of aliphatic hydroxyl groups is 1. The van der Waals surface area contributed by atoms with Crippen molar-refractivity contribution >= 4 is 18.8 Å². The van der Waals surface area contributed by atoms with Crippen LogP contribution in [-0.2, 0) is 11.3 Å². The van der Waals surface area contributed by atoms with E-state index in [1.807, 2.05) is 36.4 Å². The van der Waals surface area contributed by atoms with Gasteiger partial charge in [0.15, 0.2) is 0 Å². The topological polar surface area (TPSA) is 75.7 Å². The summed E-state index contributed by atoms with van der Waals surface area (Å²) in [6.45, 7) is 6.08. The Labute approximate surface area is 166 Å². The van der Waals surface area contributed by atoms with E-state index < -0.39 is 7.12 Å². The number of rotatable bonds is 8. The first-order valence-electron chi connectivity index (χ1n) is 9.64. The van der Waals surface area contributed by atoms with E-state index in [0.717, 1.165) is 28.8 Å². The minimum absolute atomic E-state index is 0.131. The third-order valence-electron chi connectivity index (χ3n) is 4.87. The van der Waals surface area contributed by atoms with Gasteiger partial charge in [-0.25, -0.2) is 0 Å². The second-order valence-electron chi connectivity index (χ2n) is 6.82. The van der Waals surface area contributed by atoms with E-state index >= 15 is 0 Å². The molecule has 0 radical (unpaired) electrons. The molecule has 1 aliphatic heterocycles. The number of hydrogen-bond acceptors (Lipinski definition) is 5. The summed E-state index contributed by atoms with van der Waals surface area (Å²) in [5.41, 5.74) is 3.98. The van der Waals surface area contributed by atoms with Crippen molar-refractivity contribution in [2.75, 3.05) is 0 Å². The van der Waals surface area contributed by atoms with E-state index in [1.54, 1.807) is 12.3 Å². The van der Waals surface area contributed by atoms with Crippen LogP contribution in [0.25, 0.3) is 11.6 Å². The fourth-order valence-electron chi connectivity index (χ4n) is 3.32. The van der Waals surface area contributed by atoms with Crippen LogP contribution in [-0.4, -0.2) is 28.3 Å². The SMILES string of the molecule is C=C(CC)C1=CCB(O)OC1CC/C(=C/c1ccc(CO)o1)c1ccccn1. The number of furan rings is 1. The highest BCUT2D eigenvalue weighted by Gasteiger charge is 2.28. The lowest BCUT2D eigenvalue weighted by Gasteiger charge is -2.28. The molecule has 0 saturated heterocycles. The molecule has 146 valence electrons. The molecule has 2 aromatic rings. The van der Waals surface area contributed by atoms with Crippen molar-refractivity contribution in [3.05, 3.63) is 77.5 Å². The van der Waals surface area contributed by atoms with E-state index in [9.17, 15) is 10.1 Å². The monoisotopic (exact) mass is 379 g/mol. The smallest absolute Gasteiger partial charge is 0.458 e. The first kappa shape index (κ1) is 20.3. The Kier molecular flexibility index (Phi) is 7.03. The van der Waals surface area contributed by atoms with E-state index in [4.69, 9.17) is 9.07 Å². The number of allylic oxidation sites excluding steroid dienone is 2. The predicted molar refractivity (Wildman–Crippen MR) is 111 cm³/mol. The van der Waals surface area contributed by atoms with Crippen molar-refractivity contribution in [3.63, 3.8) is 0 Å². The van der Waals surface area contributed by atoms with Crippen molar-refractivity contribution in [1.29, 1.82) is 0 Å². The second-order valence-corrected chi connectivity index (χ2v) is 6.82. The molecule has 3 rings (SSSR count). The number of hydrogen-bond donors (Lipinski definition) is 2. The molecule has 0 fully saturated rings. The van der Waals surface area contributed by atoms with Gasteiger partial charge in [-0.1, -0.05) is 31.2 Å². The van der Waals surface area contributed by atoms with Crippen LogP contribution in [0.1, 0.15) is 43.4 Å². The molecule has 5 nitrogen and oxygen atoms in total. The minimum Gasteiger partial charge on any atom is -0.459 e. The summed E-state index contributed by atoms with van der Waals surface area (Å²) in [6.07, 6.45) is 8.26. The van der Waals surface area contributed by atoms with Gasteiger partial charge < -0.3 is 19.2 Å². The van der Waals surface area contributed by atoms with Crippen molar-refractivity contribution < 1.29 is 19.2 Å². The summed E-state index contributed by atoms with van der Waals surface area (Å²) < 4.78 is 11.4. The van der Waals surface area contributed by atoms with E-state index in [2.05, 4.69) is 18.5 Å². The normalized spacial score (nSPS) is 17.5. The molecule has 2 aromatic heterocycles. The van der Waals surface area contributed by atoms with Crippen LogP contribution >= 0.6 is 0 Å². The zero-order valence-electron chi connectivity index (χ0n) is 16.2. The average molecular weight is 379 g/mol. The maximum absolute atomic E-state index is 9.94. The lowest BCUT2D eigenvalue weighted by molar-refractivity contribution is 0.184. The highest BCUT2D eigenvalue weighted by atomic mass is 16.5. The number of pyridine rings is 1. The quantitative estimate of drug-likeness (QED) is 0.671. The number of aliphatic hydroxyl groups excluding tert-OH is 1. The van der Waals surface area contributed by atoms with Crippen LogP contribution in [0.3, 0.4) is 0 Å². The zero-order chi connectivity index (χ0) is 19.9. The van der Waals surface area contributed by atoms with Gasteiger partial charge in [-0.05, 0) is 60.8 Å². The molecule has 0 bridgehead atoms. The Morgan fingerprint density at radius 1 is 1.36 bits per heavy atom. The van der Waals surface area contributed by atoms with Crippen LogP contribution in [0.5, 0.6) is 0 Å². The van der Waals surface area contributed by atoms with Crippen molar-refractivity contribution in [3.8, 4) is 0 Å². The molecule has 0 spiro atoms. The van der Waals surface area contributed by atoms with Gasteiger partial charge in [0.1, 0.15) is 18.1 Å². The van der Waals surface area contributed by atoms with Gasteiger partial charge in [-0.3, -0.25) is 4.98 Å². The fourth-order valence-corrected chi connectivity index (χ4v) is 3.32. The third-order valence-corrected chi connectivity index (χ3v) is 4.87. The average Bonchev–Trinajstić information content (AvgIpc) is 3.19. The first-order chi connectivity index (χ1) is 13.6. The minimum atomic E-state index is -0.780. The van der Waals surface area contributed by atoms with E-state index in [0.29, 0.717) is 30.7 Å². The summed E-state index contributed by atoms with van der Waals surface area (Å²) in [4.78, 5) is 4.47. The first-order valence-corrected chi connectivity index (χ1v) is 9.64. The molecule has 6 heteroatoms. The summed E-state index contributed by atoms with van der Waals surface area (Å²) in [5.74, 6) is 1.19. The van der Waals surface area contributed by atoms with E-state index in [-0.39, 0.29) is 12.7 Å². The molecule has 2 N–H and O–H groups in total. The Morgan fingerprint density at radius 2 is 2.21 bits per heavy atom. The van der Waals surface area contributed by atoms with Crippen LogP contribution < -0.4 is 0 Å². The van der Waals surface area contributed by atoms with Crippen LogP contribution in [0.4, 0.5) is 0 Å². The molecule has 0 amide bonds. The molecular formula is C22H26BNO4. The summed E-state index contributed by atoms with van der Waals surface area (Å²) in [7, 11) is -0.780. The van der Waals surface area contributed by atoms with Crippen LogP contribution in [0, 0.1) is 0 Å². The standard InChI is InChI=1S/C22H26BNO4/c1-3-16(2)20-11-12-23(26)28-22(20)10-7-17(21-6-4-5-13-24-21)14-18-8-9-19(15-25)27-18/h4-6,8-9,11,13-14,22,25-26H,2-3,7,10,12,15H2,1H3/b17-14-. The highest BCUT2D eigenvalue weighted by molar-refractivity contribution is 6.43. The van der Waals surface area contributed by atoms with Gasteiger partial charge >= 0.3 is 7.12 Å². The molecule has 0 aromatic carbocycles. The molecule has 3 heterocycles. The van der Waals surface area contributed by atoms with Gasteiger partial charge in [-0.15, -0.1) is 0 Å². The Bertz CT molecular complexity index is 856. The lowest BCUT2D eigenvalue weighted by atomic mass is 9.77. The van der Waals surface area contributed by atoms with Gasteiger partial charge in [0, 0.05) is 12.5 Å². The second kappa shape index (κ2) is 9.69. The molecule has 28 heavy (non-hydrogen) atoms. The van der Waals surface area contributed by atoms with Crippen molar-refractivity contribution in [2.45, 2.75) is 45.2 Å².